The van der Waals surface area contributed by atoms with Crippen LogP contribution in [-0.4, -0.2) is 37.6 Å². The molecule has 1 aliphatic heterocycles. The lowest BCUT2D eigenvalue weighted by Gasteiger charge is -2.36. The van der Waals surface area contributed by atoms with Crippen molar-refractivity contribution >= 4 is 5.69 Å². The highest BCUT2D eigenvalue weighted by atomic mass is 19.1. The van der Waals surface area contributed by atoms with Gasteiger partial charge in [-0.05, 0) is 48.7 Å². The van der Waals surface area contributed by atoms with Gasteiger partial charge in [-0.2, -0.15) is 0 Å². The molecule has 2 aromatic rings. The number of benzene rings is 2. The summed E-state index contributed by atoms with van der Waals surface area (Å²) in [4.78, 5) is 4.88. The summed E-state index contributed by atoms with van der Waals surface area (Å²) in [5.74, 6) is 0.439. The van der Waals surface area contributed by atoms with Gasteiger partial charge in [-0.3, -0.25) is 4.90 Å². The first kappa shape index (κ1) is 16.0. The molecule has 1 fully saturated rings. The molecule has 2 aromatic carbocycles. The lowest BCUT2D eigenvalue weighted by molar-refractivity contribution is 0.249. The first-order valence-electron chi connectivity index (χ1n) is 8.50. The second kappa shape index (κ2) is 7.60. The molecule has 0 aliphatic carbocycles. The van der Waals surface area contributed by atoms with E-state index in [0.29, 0.717) is 5.92 Å². The number of nitrogens with zero attached hydrogens (tertiary/aromatic N) is 2. The fourth-order valence-electron chi connectivity index (χ4n) is 3.21. The van der Waals surface area contributed by atoms with Gasteiger partial charge in [-0.25, -0.2) is 4.39 Å². The summed E-state index contributed by atoms with van der Waals surface area (Å²) in [5, 5.41) is 0. The number of halogens is 1. The SMILES string of the molecule is C[C@@H](CCN1CCN(c2ccc(F)cc2)CC1)c1ccccc1. The summed E-state index contributed by atoms with van der Waals surface area (Å²) in [6, 6.07) is 17.6. The minimum absolute atomic E-state index is 0.165. The van der Waals surface area contributed by atoms with Crippen molar-refractivity contribution in [2.75, 3.05) is 37.6 Å². The van der Waals surface area contributed by atoms with Crippen molar-refractivity contribution in [3.8, 4) is 0 Å². The summed E-state index contributed by atoms with van der Waals surface area (Å²) >= 11 is 0. The van der Waals surface area contributed by atoms with Gasteiger partial charge in [0.2, 0.25) is 0 Å². The molecule has 23 heavy (non-hydrogen) atoms. The standard InChI is InChI=1S/C20H25FN2/c1-17(18-5-3-2-4-6-18)11-12-22-13-15-23(16-14-22)20-9-7-19(21)8-10-20/h2-10,17H,11-16H2,1H3/t17-/m0/s1. The average molecular weight is 312 g/mol. The Morgan fingerprint density at radius 3 is 2.22 bits per heavy atom. The summed E-state index contributed by atoms with van der Waals surface area (Å²) in [7, 11) is 0. The Hall–Kier alpha value is -1.87. The Balaban J connectivity index is 1.45. The molecule has 0 spiro atoms. The molecule has 3 rings (SSSR count). The van der Waals surface area contributed by atoms with Crippen LogP contribution in [0, 0.1) is 5.82 Å². The Morgan fingerprint density at radius 2 is 1.57 bits per heavy atom. The van der Waals surface area contributed by atoms with Crippen molar-refractivity contribution in [2.45, 2.75) is 19.3 Å². The van der Waals surface area contributed by atoms with Gasteiger partial charge >= 0.3 is 0 Å². The van der Waals surface area contributed by atoms with Crippen molar-refractivity contribution in [3.05, 3.63) is 66.0 Å². The lowest BCUT2D eigenvalue weighted by atomic mass is 9.97. The quantitative estimate of drug-likeness (QED) is 0.818. The van der Waals surface area contributed by atoms with Crippen LogP contribution in [0.25, 0.3) is 0 Å². The van der Waals surface area contributed by atoms with Crippen LogP contribution in [-0.2, 0) is 0 Å². The molecule has 1 atom stereocenters. The number of hydrogen-bond acceptors (Lipinski definition) is 2. The molecular formula is C20H25FN2. The van der Waals surface area contributed by atoms with E-state index >= 15 is 0 Å². The number of hydrogen-bond donors (Lipinski definition) is 0. The van der Waals surface area contributed by atoms with Gasteiger partial charge in [0.25, 0.3) is 0 Å². The zero-order valence-electron chi connectivity index (χ0n) is 13.8. The van der Waals surface area contributed by atoms with Gasteiger partial charge in [0.1, 0.15) is 5.82 Å². The highest BCUT2D eigenvalue weighted by Gasteiger charge is 2.17. The van der Waals surface area contributed by atoms with E-state index in [4.69, 9.17) is 0 Å². The topological polar surface area (TPSA) is 6.48 Å². The Bertz CT molecular complexity index is 589. The average Bonchev–Trinajstić information content (AvgIpc) is 2.61. The van der Waals surface area contributed by atoms with E-state index < -0.39 is 0 Å². The molecule has 2 nitrogen and oxygen atoms in total. The molecule has 0 radical (unpaired) electrons. The third kappa shape index (κ3) is 4.32. The first-order valence-corrected chi connectivity index (χ1v) is 8.50. The van der Waals surface area contributed by atoms with E-state index in [1.165, 1.54) is 12.0 Å². The van der Waals surface area contributed by atoms with Crippen molar-refractivity contribution < 1.29 is 4.39 Å². The first-order chi connectivity index (χ1) is 11.2. The molecular weight excluding hydrogens is 287 g/mol. The van der Waals surface area contributed by atoms with Gasteiger partial charge in [-0.15, -0.1) is 0 Å². The zero-order valence-corrected chi connectivity index (χ0v) is 13.8. The molecule has 1 heterocycles. The summed E-state index contributed by atoms with van der Waals surface area (Å²) in [6.07, 6.45) is 1.20. The highest BCUT2D eigenvalue weighted by molar-refractivity contribution is 5.46. The fourth-order valence-corrected chi connectivity index (χ4v) is 3.21. The lowest BCUT2D eigenvalue weighted by Crippen LogP contribution is -2.46. The fraction of sp³-hybridized carbons (Fsp3) is 0.400. The predicted molar refractivity (Wildman–Crippen MR) is 94.5 cm³/mol. The monoisotopic (exact) mass is 312 g/mol. The van der Waals surface area contributed by atoms with Crippen LogP contribution < -0.4 is 4.90 Å². The third-order valence-electron chi connectivity index (χ3n) is 4.81. The highest BCUT2D eigenvalue weighted by Crippen LogP contribution is 2.20. The molecule has 1 saturated heterocycles. The van der Waals surface area contributed by atoms with Gasteiger partial charge in [0.15, 0.2) is 0 Å². The zero-order chi connectivity index (χ0) is 16.1. The van der Waals surface area contributed by atoms with E-state index in [1.807, 2.05) is 12.1 Å². The number of rotatable bonds is 5. The molecule has 0 amide bonds. The van der Waals surface area contributed by atoms with Crippen LogP contribution in [0.15, 0.2) is 54.6 Å². The van der Waals surface area contributed by atoms with E-state index in [9.17, 15) is 4.39 Å². The van der Waals surface area contributed by atoms with Crippen molar-refractivity contribution in [1.82, 2.24) is 4.90 Å². The Morgan fingerprint density at radius 1 is 0.913 bits per heavy atom. The third-order valence-corrected chi connectivity index (χ3v) is 4.81. The molecule has 0 bridgehead atoms. The van der Waals surface area contributed by atoms with Gasteiger partial charge in [0, 0.05) is 31.9 Å². The van der Waals surface area contributed by atoms with E-state index in [1.54, 1.807) is 12.1 Å². The van der Waals surface area contributed by atoms with Crippen LogP contribution in [0.4, 0.5) is 10.1 Å². The normalized spacial score (nSPS) is 17.2. The predicted octanol–water partition coefficient (Wildman–Crippen LogP) is 4.14. The molecule has 0 N–H and O–H groups in total. The number of anilines is 1. The van der Waals surface area contributed by atoms with Crippen molar-refractivity contribution in [2.24, 2.45) is 0 Å². The minimum atomic E-state index is -0.165. The van der Waals surface area contributed by atoms with Crippen molar-refractivity contribution in [1.29, 1.82) is 0 Å². The molecule has 0 aromatic heterocycles. The molecule has 0 unspecified atom stereocenters. The minimum Gasteiger partial charge on any atom is -0.369 e. The summed E-state index contributed by atoms with van der Waals surface area (Å²) in [6.45, 7) is 7.66. The van der Waals surface area contributed by atoms with Crippen LogP contribution in [0.5, 0.6) is 0 Å². The van der Waals surface area contributed by atoms with E-state index in [-0.39, 0.29) is 5.82 Å². The maximum atomic E-state index is 13.0. The second-order valence-corrected chi connectivity index (χ2v) is 6.41. The van der Waals surface area contributed by atoms with E-state index in [2.05, 4.69) is 47.1 Å². The Labute approximate surface area is 138 Å². The largest absolute Gasteiger partial charge is 0.369 e. The summed E-state index contributed by atoms with van der Waals surface area (Å²) in [5.41, 5.74) is 2.56. The van der Waals surface area contributed by atoms with E-state index in [0.717, 1.165) is 38.4 Å². The maximum Gasteiger partial charge on any atom is 0.123 e. The van der Waals surface area contributed by atoms with Gasteiger partial charge < -0.3 is 4.90 Å². The molecule has 1 aliphatic rings. The van der Waals surface area contributed by atoms with Crippen LogP contribution >= 0.6 is 0 Å². The number of piperazine rings is 1. The van der Waals surface area contributed by atoms with Crippen LogP contribution in [0.3, 0.4) is 0 Å². The second-order valence-electron chi connectivity index (χ2n) is 6.41. The molecule has 122 valence electrons. The van der Waals surface area contributed by atoms with Gasteiger partial charge in [0.05, 0.1) is 0 Å². The van der Waals surface area contributed by atoms with Gasteiger partial charge in [-0.1, -0.05) is 37.3 Å². The maximum absolute atomic E-state index is 13.0. The Kier molecular flexibility index (Phi) is 5.29. The smallest absolute Gasteiger partial charge is 0.123 e. The van der Waals surface area contributed by atoms with Crippen LogP contribution in [0.2, 0.25) is 0 Å². The molecule has 3 heteroatoms. The summed E-state index contributed by atoms with van der Waals surface area (Å²) < 4.78 is 13.0. The van der Waals surface area contributed by atoms with Crippen molar-refractivity contribution in [3.63, 3.8) is 0 Å². The van der Waals surface area contributed by atoms with Crippen LogP contribution in [0.1, 0.15) is 24.8 Å². The molecule has 0 saturated carbocycles.